The average molecular weight is 230 g/mol. The number of nitrogens with two attached hydrogens (primary N) is 1. The summed E-state index contributed by atoms with van der Waals surface area (Å²) in [7, 11) is 0. The number of fused-ring (bicyclic) bond motifs is 2. The van der Waals surface area contributed by atoms with E-state index in [4.69, 9.17) is 5.73 Å². The highest BCUT2D eigenvalue weighted by atomic mass is 16.1. The van der Waals surface area contributed by atoms with Crippen molar-refractivity contribution < 1.29 is 4.79 Å². The average Bonchev–Trinajstić information content (AvgIpc) is 2.91. The molecule has 89 valence electrons. The summed E-state index contributed by atoms with van der Waals surface area (Å²) in [4.78, 5) is 15.2. The fourth-order valence-electron chi connectivity index (χ4n) is 3.21. The topological polar surface area (TPSA) is 68.0 Å². The van der Waals surface area contributed by atoms with Crippen LogP contribution in [0.15, 0.2) is 12.1 Å². The summed E-state index contributed by atoms with van der Waals surface area (Å²) in [5.74, 6) is 1.89. The first-order valence-corrected chi connectivity index (χ1v) is 6.17. The third kappa shape index (κ3) is 1.99. The highest BCUT2D eigenvalue weighted by Crippen LogP contribution is 2.45. The summed E-state index contributed by atoms with van der Waals surface area (Å²) < 4.78 is 0. The number of carbonyl (C=O) groups excluding carboxylic acids is 1. The molecule has 2 fully saturated rings. The molecule has 0 aromatic carbocycles. The molecular weight excluding hydrogens is 214 g/mol. The van der Waals surface area contributed by atoms with Crippen LogP contribution in [-0.4, -0.2) is 16.9 Å². The summed E-state index contributed by atoms with van der Waals surface area (Å²) in [6.07, 6.45) is 5.28. The molecule has 1 aromatic rings. The van der Waals surface area contributed by atoms with E-state index in [1.165, 1.54) is 25.7 Å². The molecule has 3 unspecified atom stereocenters. The van der Waals surface area contributed by atoms with Crippen LogP contribution in [0.25, 0.3) is 0 Å². The molecule has 2 saturated carbocycles. The summed E-state index contributed by atoms with van der Waals surface area (Å²) in [5.41, 5.74) is 5.40. The maximum atomic E-state index is 11.0. The van der Waals surface area contributed by atoms with Gasteiger partial charge in [0.05, 0.1) is 0 Å². The molecule has 2 aliphatic rings. The van der Waals surface area contributed by atoms with E-state index in [2.05, 4.69) is 16.4 Å². The molecule has 0 spiro atoms. The summed E-state index contributed by atoms with van der Waals surface area (Å²) >= 11 is 0. The Morgan fingerprint density at radius 1 is 1.47 bits per heavy atom. The quantitative estimate of drug-likeness (QED) is 0.828. The zero-order valence-corrected chi connectivity index (χ0v) is 9.65. The Bertz CT molecular complexity index is 446. The summed E-state index contributed by atoms with van der Waals surface area (Å²) in [5, 5.41) is 3.43. The number of nitrogens with one attached hydrogen (secondary N) is 1. The van der Waals surface area contributed by atoms with Gasteiger partial charge in [-0.25, -0.2) is 4.98 Å². The number of primary amides is 1. The Morgan fingerprint density at radius 2 is 2.35 bits per heavy atom. The summed E-state index contributed by atoms with van der Waals surface area (Å²) in [6, 6.07) is 6.80. The molecule has 0 saturated heterocycles. The predicted molar refractivity (Wildman–Crippen MR) is 64.4 cm³/mol. The minimum atomic E-state index is -0.526. The first kappa shape index (κ1) is 10.6. The number of amides is 1. The van der Waals surface area contributed by atoms with Gasteiger partial charge in [-0.05, 0) is 43.2 Å². The van der Waals surface area contributed by atoms with Gasteiger partial charge in [0.15, 0.2) is 0 Å². The van der Waals surface area contributed by atoms with E-state index < -0.39 is 5.91 Å². The van der Waals surface area contributed by atoms with Gasteiger partial charge in [-0.3, -0.25) is 4.79 Å². The van der Waals surface area contributed by atoms with Crippen molar-refractivity contribution in [3.05, 3.63) is 23.9 Å². The smallest absolute Gasteiger partial charge is 0.268 e. The molecule has 3 N–H and O–H groups in total. The Hall–Kier alpha value is -1.58. The molecule has 3 atom stereocenters. The van der Waals surface area contributed by atoms with Gasteiger partial charge in [0.2, 0.25) is 0 Å². The molecule has 3 rings (SSSR count). The van der Waals surface area contributed by atoms with Gasteiger partial charge in [-0.1, -0.05) is 6.42 Å². The van der Waals surface area contributed by atoms with Crippen molar-refractivity contribution in [1.29, 1.82) is 0 Å². The fourth-order valence-corrected chi connectivity index (χ4v) is 3.21. The second-order valence-corrected chi connectivity index (χ2v) is 5.11. The van der Waals surface area contributed by atoms with Crippen LogP contribution in [0.5, 0.6) is 0 Å². The van der Waals surface area contributed by atoms with Crippen LogP contribution in [0.3, 0.4) is 0 Å². The van der Waals surface area contributed by atoms with E-state index in [1.54, 1.807) is 6.07 Å². The van der Waals surface area contributed by atoms with Crippen molar-refractivity contribution in [1.82, 2.24) is 4.98 Å². The summed E-state index contributed by atoms with van der Waals surface area (Å²) in [6.45, 7) is 0. The van der Waals surface area contributed by atoms with E-state index in [9.17, 15) is 4.79 Å². The second kappa shape index (κ2) is 4.02. The predicted octanol–water partition coefficient (Wildman–Crippen LogP) is 1.58. The first-order chi connectivity index (χ1) is 8.22. The normalized spacial score (nSPS) is 30.5. The number of pyridine rings is 1. The van der Waals surface area contributed by atoms with Gasteiger partial charge >= 0.3 is 0 Å². The molecule has 2 aliphatic carbocycles. The van der Waals surface area contributed by atoms with E-state index >= 15 is 0 Å². The van der Waals surface area contributed by atoms with Crippen molar-refractivity contribution >= 4 is 11.7 Å². The van der Waals surface area contributed by atoms with E-state index in [0.29, 0.717) is 6.04 Å². The van der Waals surface area contributed by atoms with Crippen LogP contribution in [-0.2, 0) is 0 Å². The van der Waals surface area contributed by atoms with Crippen LogP contribution < -0.4 is 11.1 Å². The lowest BCUT2D eigenvalue weighted by molar-refractivity contribution is 0.0995. The second-order valence-electron chi connectivity index (χ2n) is 5.11. The van der Waals surface area contributed by atoms with Crippen molar-refractivity contribution in [3.8, 4) is 0 Å². The van der Waals surface area contributed by atoms with Crippen molar-refractivity contribution in [2.75, 3.05) is 5.32 Å². The molecule has 1 amide bonds. The van der Waals surface area contributed by atoms with Gasteiger partial charge in [-0.2, -0.15) is 0 Å². The Labute approximate surface area is 101 Å². The van der Waals surface area contributed by atoms with E-state index in [-0.39, 0.29) is 5.69 Å². The standard InChI is InChI=1S/C13H16N3O/c14-13(17)10-2-1-3-12(15-10)16-11-7-8-4-5-9(11)6-8/h1,3,8-9,11H,4-7H2,(H2,14,17)(H,15,16). The SMILES string of the molecule is NC(=O)c1[c]ccc(NC2CC3CCC2C3)n1. The van der Waals surface area contributed by atoms with Gasteiger partial charge in [0, 0.05) is 12.1 Å². The molecule has 2 bridgehead atoms. The zero-order valence-electron chi connectivity index (χ0n) is 9.65. The monoisotopic (exact) mass is 230 g/mol. The lowest BCUT2D eigenvalue weighted by Gasteiger charge is -2.23. The number of hydrogen-bond acceptors (Lipinski definition) is 3. The van der Waals surface area contributed by atoms with Crippen molar-refractivity contribution in [3.63, 3.8) is 0 Å². The molecular formula is C13H16N3O. The van der Waals surface area contributed by atoms with Crippen LogP contribution >= 0.6 is 0 Å². The Balaban J connectivity index is 1.73. The maximum Gasteiger partial charge on any atom is 0.268 e. The van der Waals surface area contributed by atoms with Crippen molar-refractivity contribution in [2.45, 2.75) is 31.7 Å². The Kier molecular flexibility index (Phi) is 2.50. The highest BCUT2D eigenvalue weighted by Gasteiger charge is 2.39. The van der Waals surface area contributed by atoms with Gasteiger partial charge in [-0.15, -0.1) is 0 Å². The number of carbonyl (C=O) groups is 1. The minimum Gasteiger partial charge on any atom is -0.367 e. The minimum absolute atomic E-state index is 0.207. The fraction of sp³-hybridized carbons (Fsp3) is 0.538. The van der Waals surface area contributed by atoms with Gasteiger partial charge in [0.25, 0.3) is 5.91 Å². The van der Waals surface area contributed by atoms with Gasteiger partial charge < -0.3 is 11.1 Å². The van der Waals surface area contributed by atoms with Crippen LogP contribution in [0.1, 0.15) is 36.2 Å². The largest absolute Gasteiger partial charge is 0.367 e. The third-order valence-electron chi connectivity index (χ3n) is 4.00. The number of anilines is 1. The number of hydrogen-bond donors (Lipinski definition) is 2. The molecule has 1 heterocycles. The number of rotatable bonds is 3. The molecule has 4 heteroatoms. The lowest BCUT2D eigenvalue weighted by Crippen LogP contribution is -2.26. The van der Waals surface area contributed by atoms with Crippen molar-refractivity contribution in [2.24, 2.45) is 17.6 Å². The van der Waals surface area contributed by atoms with Gasteiger partial charge in [0.1, 0.15) is 11.5 Å². The van der Waals surface area contributed by atoms with Crippen LogP contribution in [0, 0.1) is 17.9 Å². The first-order valence-electron chi connectivity index (χ1n) is 6.17. The van der Waals surface area contributed by atoms with Crippen LogP contribution in [0.2, 0.25) is 0 Å². The highest BCUT2D eigenvalue weighted by molar-refractivity contribution is 5.90. The number of aromatic nitrogens is 1. The van der Waals surface area contributed by atoms with E-state index in [1.807, 2.05) is 6.07 Å². The van der Waals surface area contributed by atoms with E-state index in [0.717, 1.165) is 17.7 Å². The maximum absolute atomic E-state index is 11.0. The third-order valence-corrected chi connectivity index (χ3v) is 4.00. The molecule has 17 heavy (non-hydrogen) atoms. The molecule has 1 radical (unpaired) electrons. The molecule has 1 aromatic heterocycles. The Morgan fingerprint density at radius 3 is 3.00 bits per heavy atom. The molecule has 4 nitrogen and oxygen atoms in total. The number of nitrogens with zero attached hydrogens (tertiary/aromatic N) is 1. The molecule has 0 aliphatic heterocycles. The van der Waals surface area contributed by atoms with Crippen LogP contribution in [0.4, 0.5) is 5.82 Å². The zero-order chi connectivity index (χ0) is 11.8. The lowest BCUT2D eigenvalue weighted by atomic mass is 9.95.